The largest absolute Gasteiger partial charge is 0.497 e. The number of carbonyl (C=O) groups excluding carboxylic acids is 1. The summed E-state index contributed by atoms with van der Waals surface area (Å²) in [7, 11) is 1.65. The lowest BCUT2D eigenvalue weighted by molar-refractivity contribution is 0.0973. The van der Waals surface area contributed by atoms with Crippen LogP contribution in [0.5, 0.6) is 5.75 Å². The molecule has 0 atom stereocenters. The molecule has 0 unspecified atom stereocenters. The average molecular weight is 324 g/mol. The predicted molar refractivity (Wildman–Crippen MR) is 93.3 cm³/mol. The standard InChI is InChI=1S/C18H16N2O2S/c1-22-11-7-5-10(6-8-11)15-9-13-18(23-15)17(19)16-12(20-13)3-2-4-14(16)21/h5-9H,2-4H2,1H3,(H2,19,20). The number of rotatable bonds is 2. The zero-order valence-corrected chi connectivity index (χ0v) is 13.6. The van der Waals surface area contributed by atoms with Crippen LogP contribution in [-0.4, -0.2) is 17.9 Å². The van der Waals surface area contributed by atoms with E-state index < -0.39 is 0 Å². The first-order valence-corrected chi connectivity index (χ1v) is 8.38. The number of methoxy groups -OCH3 is 1. The Kier molecular flexibility index (Phi) is 3.31. The fourth-order valence-corrected chi connectivity index (χ4v) is 4.12. The highest BCUT2D eigenvalue weighted by molar-refractivity contribution is 7.22. The number of nitrogen functional groups attached to an aromatic ring is 1. The van der Waals surface area contributed by atoms with Crippen LogP contribution in [0.2, 0.25) is 0 Å². The van der Waals surface area contributed by atoms with Crippen LogP contribution >= 0.6 is 11.3 Å². The molecule has 116 valence electrons. The molecule has 4 rings (SSSR count). The van der Waals surface area contributed by atoms with E-state index in [0.29, 0.717) is 17.7 Å². The molecule has 0 fully saturated rings. The van der Waals surface area contributed by atoms with E-state index in [1.165, 1.54) is 0 Å². The number of ether oxygens (including phenoxy) is 1. The molecule has 0 bridgehead atoms. The zero-order valence-electron chi connectivity index (χ0n) is 12.8. The maximum absolute atomic E-state index is 12.2. The predicted octanol–water partition coefficient (Wildman–Crippen LogP) is 4.07. The number of nitrogens with two attached hydrogens (primary N) is 1. The van der Waals surface area contributed by atoms with Crippen LogP contribution in [0.1, 0.15) is 28.9 Å². The number of aromatic nitrogens is 1. The van der Waals surface area contributed by atoms with Crippen LogP contribution < -0.4 is 10.5 Å². The summed E-state index contributed by atoms with van der Waals surface area (Å²) in [6, 6.07) is 9.96. The normalized spacial score (nSPS) is 14.0. The van der Waals surface area contributed by atoms with Gasteiger partial charge in [-0.3, -0.25) is 9.78 Å². The fourth-order valence-electron chi connectivity index (χ4n) is 3.06. The van der Waals surface area contributed by atoms with Crippen molar-refractivity contribution < 1.29 is 9.53 Å². The first-order valence-electron chi connectivity index (χ1n) is 7.57. The lowest BCUT2D eigenvalue weighted by Gasteiger charge is -2.15. The minimum absolute atomic E-state index is 0.123. The Morgan fingerprint density at radius 2 is 2.00 bits per heavy atom. The lowest BCUT2D eigenvalue weighted by atomic mass is 9.93. The van der Waals surface area contributed by atoms with Crippen LogP contribution in [0.25, 0.3) is 20.7 Å². The molecular formula is C18H16N2O2S. The summed E-state index contributed by atoms with van der Waals surface area (Å²) in [5.74, 6) is 0.950. The van der Waals surface area contributed by atoms with E-state index in [9.17, 15) is 4.79 Å². The van der Waals surface area contributed by atoms with Crippen molar-refractivity contribution in [1.82, 2.24) is 4.98 Å². The number of pyridine rings is 1. The molecule has 1 aliphatic carbocycles. The van der Waals surface area contributed by atoms with Gasteiger partial charge in [0.1, 0.15) is 5.75 Å². The maximum Gasteiger partial charge on any atom is 0.166 e. The Labute approximate surface area is 137 Å². The van der Waals surface area contributed by atoms with Crippen molar-refractivity contribution in [2.24, 2.45) is 0 Å². The molecule has 5 heteroatoms. The zero-order chi connectivity index (χ0) is 16.0. The summed E-state index contributed by atoms with van der Waals surface area (Å²) in [4.78, 5) is 18.0. The molecular weight excluding hydrogens is 308 g/mol. The Balaban J connectivity index is 1.87. The molecule has 0 saturated heterocycles. The number of nitrogens with zero attached hydrogens (tertiary/aromatic N) is 1. The van der Waals surface area contributed by atoms with Crippen LogP contribution in [0.3, 0.4) is 0 Å². The van der Waals surface area contributed by atoms with Gasteiger partial charge in [0.2, 0.25) is 0 Å². The van der Waals surface area contributed by atoms with Gasteiger partial charge < -0.3 is 10.5 Å². The van der Waals surface area contributed by atoms with E-state index in [-0.39, 0.29) is 5.78 Å². The second kappa shape index (κ2) is 5.35. The molecule has 0 radical (unpaired) electrons. The number of aryl methyl sites for hydroxylation is 1. The van der Waals surface area contributed by atoms with E-state index in [0.717, 1.165) is 44.9 Å². The Morgan fingerprint density at radius 1 is 1.22 bits per heavy atom. The molecule has 0 spiro atoms. The lowest BCUT2D eigenvalue weighted by Crippen LogP contribution is -2.15. The fraction of sp³-hybridized carbons (Fsp3) is 0.222. The highest BCUT2D eigenvalue weighted by Gasteiger charge is 2.24. The third-order valence-corrected chi connectivity index (χ3v) is 5.45. The van der Waals surface area contributed by atoms with Crippen molar-refractivity contribution in [1.29, 1.82) is 0 Å². The van der Waals surface area contributed by atoms with Gasteiger partial charge in [0.25, 0.3) is 0 Å². The second-order valence-corrected chi connectivity index (χ2v) is 6.73. The number of Topliss-reactive ketones (excluding diaryl/α,β-unsaturated/α-hetero) is 1. The molecule has 0 aliphatic heterocycles. The second-order valence-electron chi connectivity index (χ2n) is 5.68. The van der Waals surface area contributed by atoms with Crippen LogP contribution in [0.4, 0.5) is 5.69 Å². The molecule has 1 aliphatic rings. The van der Waals surface area contributed by atoms with E-state index in [2.05, 4.69) is 6.07 Å². The quantitative estimate of drug-likeness (QED) is 0.771. The Morgan fingerprint density at radius 3 is 2.74 bits per heavy atom. The number of anilines is 1. The molecule has 2 heterocycles. The van der Waals surface area contributed by atoms with Gasteiger partial charge in [-0.05, 0) is 48.7 Å². The summed E-state index contributed by atoms with van der Waals surface area (Å²) in [5.41, 5.74) is 10.4. The summed E-state index contributed by atoms with van der Waals surface area (Å²) in [5, 5.41) is 0. The van der Waals surface area contributed by atoms with Crippen molar-refractivity contribution in [3.05, 3.63) is 41.6 Å². The number of carbonyl (C=O) groups is 1. The smallest absolute Gasteiger partial charge is 0.166 e. The molecule has 0 amide bonds. The van der Waals surface area contributed by atoms with Gasteiger partial charge in [-0.25, -0.2) is 0 Å². The monoisotopic (exact) mass is 324 g/mol. The third kappa shape index (κ3) is 2.28. The minimum Gasteiger partial charge on any atom is -0.497 e. The first kappa shape index (κ1) is 14.2. The SMILES string of the molecule is COc1ccc(-c2cc3nc4c(c(N)c3s2)C(=O)CCC4)cc1. The molecule has 0 saturated carbocycles. The van der Waals surface area contributed by atoms with Crippen molar-refractivity contribution >= 4 is 33.0 Å². The van der Waals surface area contributed by atoms with Gasteiger partial charge in [-0.2, -0.15) is 0 Å². The van der Waals surface area contributed by atoms with Crippen LogP contribution in [0, 0.1) is 0 Å². The third-order valence-electron chi connectivity index (χ3n) is 4.24. The number of fused-ring (bicyclic) bond motifs is 2. The summed E-state index contributed by atoms with van der Waals surface area (Å²) < 4.78 is 6.10. The molecule has 2 N–H and O–H groups in total. The van der Waals surface area contributed by atoms with Gasteiger partial charge >= 0.3 is 0 Å². The van der Waals surface area contributed by atoms with E-state index in [4.69, 9.17) is 15.5 Å². The Bertz CT molecular complexity index is 913. The van der Waals surface area contributed by atoms with Gasteiger partial charge in [0, 0.05) is 11.3 Å². The number of benzene rings is 1. The van der Waals surface area contributed by atoms with Crippen molar-refractivity contribution in [3.63, 3.8) is 0 Å². The van der Waals surface area contributed by atoms with Crippen LogP contribution in [0.15, 0.2) is 30.3 Å². The van der Waals surface area contributed by atoms with Gasteiger partial charge in [0.05, 0.1) is 34.3 Å². The Hall–Kier alpha value is -2.40. The van der Waals surface area contributed by atoms with Gasteiger partial charge in [0.15, 0.2) is 5.78 Å². The van der Waals surface area contributed by atoms with Crippen molar-refractivity contribution in [2.45, 2.75) is 19.3 Å². The summed E-state index contributed by atoms with van der Waals surface area (Å²) in [6.45, 7) is 0. The highest BCUT2D eigenvalue weighted by Crippen LogP contribution is 2.39. The topological polar surface area (TPSA) is 65.2 Å². The maximum atomic E-state index is 12.2. The van der Waals surface area contributed by atoms with Gasteiger partial charge in [-0.1, -0.05) is 0 Å². The van der Waals surface area contributed by atoms with E-state index >= 15 is 0 Å². The summed E-state index contributed by atoms with van der Waals surface area (Å²) >= 11 is 1.58. The molecule has 3 aromatic rings. The van der Waals surface area contributed by atoms with Gasteiger partial charge in [-0.15, -0.1) is 11.3 Å². The first-order chi connectivity index (χ1) is 11.2. The summed E-state index contributed by atoms with van der Waals surface area (Å²) in [6.07, 6.45) is 2.26. The molecule has 1 aromatic carbocycles. The molecule has 4 nitrogen and oxygen atoms in total. The molecule has 2 aromatic heterocycles. The average Bonchev–Trinajstić information content (AvgIpc) is 2.99. The molecule has 23 heavy (non-hydrogen) atoms. The number of ketones is 1. The highest BCUT2D eigenvalue weighted by atomic mass is 32.1. The van der Waals surface area contributed by atoms with E-state index in [1.54, 1.807) is 18.4 Å². The van der Waals surface area contributed by atoms with Crippen molar-refractivity contribution in [3.8, 4) is 16.2 Å². The van der Waals surface area contributed by atoms with Crippen LogP contribution in [-0.2, 0) is 6.42 Å². The number of thiophene rings is 1. The van der Waals surface area contributed by atoms with Crippen molar-refractivity contribution in [2.75, 3.05) is 12.8 Å². The number of hydrogen-bond donors (Lipinski definition) is 1. The minimum atomic E-state index is 0.123. The van der Waals surface area contributed by atoms with E-state index in [1.807, 2.05) is 24.3 Å². The number of hydrogen-bond acceptors (Lipinski definition) is 5.